The van der Waals surface area contributed by atoms with Crippen molar-refractivity contribution in [1.82, 2.24) is 0 Å². The van der Waals surface area contributed by atoms with E-state index in [0.717, 1.165) is 18.8 Å². The summed E-state index contributed by atoms with van der Waals surface area (Å²) in [5.41, 5.74) is 11.2. The molecule has 1 fully saturated rings. The Balaban J connectivity index is 2.25. The van der Waals surface area contributed by atoms with E-state index in [1.54, 1.807) is 0 Å². The first-order valence-corrected chi connectivity index (χ1v) is 7.37. The normalized spacial score (nSPS) is 18.4. The van der Waals surface area contributed by atoms with Gasteiger partial charge in [0.15, 0.2) is 0 Å². The number of aliphatic hydroxyl groups excluding tert-OH is 1. The maximum Gasteiger partial charge on any atom is 0.0502 e. The second-order valence-corrected chi connectivity index (χ2v) is 6.56. The van der Waals surface area contributed by atoms with E-state index < -0.39 is 0 Å². The Labute approximate surface area is 117 Å². The van der Waals surface area contributed by atoms with Gasteiger partial charge in [-0.25, -0.2) is 0 Å². The number of rotatable bonds is 6. The molecule has 2 heteroatoms. The van der Waals surface area contributed by atoms with Gasteiger partial charge >= 0.3 is 0 Å². The van der Waals surface area contributed by atoms with Crippen LogP contribution in [0, 0.1) is 32.1 Å². The highest BCUT2D eigenvalue weighted by Crippen LogP contribution is 2.42. The zero-order chi connectivity index (χ0) is 14.0. The van der Waals surface area contributed by atoms with Crippen LogP contribution in [-0.2, 0) is 6.42 Å². The molecule has 19 heavy (non-hydrogen) atoms. The monoisotopic (exact) mass is 261 g/mol. The Bertz CT molecular complexity index is 422. The smallest absolute Gasteiger partial charge is 0.0502 e. The topological polar surface area (TPSA) is 46.2 Å². The Morgan fingerprint density at radius 2 is 1.79 bits per heavy atom. The molecule has 1 unspecified atom stereocenters. The second kappa shape index (κ2) is 5.64. The van der Waals surface area contributed by atoms with Crippen molar-refractivity contribution < 1.29 is 5.11 Å². The van der Waals surface area contributed by atoms with E-state index >= 15 is 0 Å². The van der Waals surface area contributed by atoms with Crippen LogP contribution >= 0.6 is 0 Å². The van der Waals surface area contributed by atoms with Gasteiger partial charge in [0.1, 0.15) is 0 Å². The molecule has 1 aliphatic carbocycles. The Morgan fingerprint density at radius 3 is 2.21 bits per heavy atom. The van der Waals surface area contributed by atoms with Crippen LogP contribution in [0.3, 0.4) is 0 Å². The number of aliphatic hydroxyl groups is 1. The van der Waals surface area contributed by atoms with Crippen molar-refractivity contribution in [3.8, 4) is 0 Å². The van der Waals surface area contributed by atoms with Crippen LogP contribution in [0.4, 0.5) is 0 Å². The summed E-state index contributed by atoms with van der Waals surface area (Å²) < 4.78 is 0. The van der Waals surface area contributed by atoms with Crippen LogP contribution in [0.5, 0.6) is 0 Å². The molecule has 0 spiro atoms. The minimum Gasteiger partial charge on any atom is -0.396 e. The number of aryl methyl sites for hydroxylation is 3. The molecule has 3 N–H and O–H groups in total. The second-order valence-electron chi connectivity index (χ2n) is 6.56. The summed E-state index contributed by atoms with van der Waals surface area (Å²) in [4.78, 5) is 0. The summed E-state index contributed by atoms with van der Waals surface area (Å²) in [7, 11) is 0. The fourth-order valence-corrected chi connectivity index (χ4v) is 3.21. The number of benzene rings is 1. The third kappa shape index (κ3) is 3.37. The average molecular weight is 261 g/mol. The van der Waals surface area contributed by atoms with E-state index in [2.05, 4.69) is 32.9 Å². The minimum absolute atomic E-state index is 0.119. The lowest BCUT2D eigenvalue weighted by Gasteiger charge is -2.32. The summed E-state index contributed by atoms with van der Waals surface area (Å²) >= 11 is 0. The molecule has 1 aliphatic rings. The molecule has 0 aromatic heterocycles. The van der Waals surface area contributed by atoms with Crippen molar-refractivity contribution in [3.63, 3.8) is 0 Å². The summed E-state index contributed by atoms with van der Waals surface area (Å²) in [6.07, 6.45) is 4.61. The van der Waals surface area contributed by atoms with Gasteiger partial charge in [-0.05, 0) is 56.2 Å². The highest BCUT2D eigenvalue weighted by Gasteiger charge is 2.36. The Morgan fingerprint density at radius 1 is 1.21 bits per heavy atom. The summed E-state index contributed by atoms with van der Waals surface area (Å²) in [5, 5.41) is 9.87. The molecular formula is C17H27NO. The van der Waals surface area contributed by atoms with Gasteiger partial charge in [0, 0.05) is 12.0 Å². The van der Waals surface area contributed by atoms with Gasteiger partial charge < -0.3 is 10.8 Å². The molecule has 0 aliphatic heterocycles. The van der Waals surface area contributed by atoms with Crippen molar-refractivity contribution in [2.75, 3.05) is 13.2 Å². The van der Waals surface area contributed by atoms with Crippen LogP contribution in [0.15, 0.2) is 12.1 Å². The standard InChI is InChI=1S/C17H27NO/c1-12-6-13(2)16(14(3)7-12)9-17(10-18,11-19)8-15-4-5-15/h6-7,15,19H,4-5,8-11,18H2,1-3H3. The number of nitrogens with two attached hydrogens (primary N) is 1. The SMILES string of the molecule is Cc1cc(C)c(CC(CN)(CO)CC2CC2)c(C)c1. The van der Waals surface area contributed by atoms with Crippen molar-refractivity contribution >= 4 is 0 Å². The molecule has 0 bridgehead atoms. The van der Waals surface area contributed by atoms with Crippen LogP contribution in [0.1, 0.15) is 41.5 Å². The average Bonchev–Trinajstić information content (AvgIpc) is 3.16. The van der Waals surface area contributed by atoms with E-state index in [1.807, 2.05) is 0 Å². The fraction of sp³-hybridized carbons (Fsp3) is 0.647. The lowest BCUT2D eigenvalue weighted by Crippen LogP contribution is -2.37. The lowest BCUT2D eigenvalue weighted by molar-refractivity contribution is 0.115. The minimum atomic E-state index is -0.119. The first-order chi connectivity index (χ1) is 8.99. The highest BCUT2D eigenvalue weighted by atomic mass is 16.3. The summed E-state index contributed by atoms with van der Waals surface area (Å²) in [6.45, 7) is 7.26. The molecule has 0 saturated heterocycles. The fourth-order valence-electron chi connectivity index (χ4n) is 3.21. The lowest BCUT2D eigenvalue weighted by atomic mass is 9.76. The molecule has 0 radical (unpaired) electrons. The van der Waals surface area contributed by atoms with Gasteiger partial charge in [-0.15, -0.1) is 0 Å². The maximum absolute atomic E-state index is 9.87. The quantitative estimate of drug-likeness (QED) is 0.827. The Hall–Kier alpha value is -0.860. The van der Waals surface area contributed by atoms with E-state index in [9.17, 15) is 5.11 Å². The summed E-state index contributed by atoms with van der Waals surface area (Å²) in [6, 6.07) is 4.47. The van der Waals surface area contributed by atoms with Gasteiger partial charge in [0.2, 0.25) is 0 Å². The molecule has 2 rings (SSSR count). The van der Waals surface area contributed by atoms with Crippen LogP contribution < -0.4 is 5.73 Å². The molecule has 1 aromatic rings. The highest BCUT2D eigenvalue weighted by molar-refractivity contribution is 5.38. The van der Waals surface area contributed by atoms with Gasteiger partial charge in [0.25, 0.3) is 0 Å². The first-order valence-electron chi connectivity index (χ1n) is 7.37. The van der Waals surface area contributed by atoms with Gasteiger partial charge in [-0.3, -0.25) is 0 Å². The molecule has 0 heterocycles. The molecule has 0 amide bonds. The number of hydrogen-bond acceptors (Lipinski definition) is 2. The summed E-state index contributed by atoms with van der Waals surface area (Å²) in [5.74, 6) is 0.793. The van der Waals surface area contributed by atoms with E-state index in [1.165, 1.54) is 35.1 Å². The maximum atomic E-state index is 9.87. The van der Waals surface area contributed by atoms with E-state index in [-0.39, 0.29) is 12.0 Å². The zero-order valence-electron chi connectivity index (χ0n) is 12.5. The Kier molecular flexibility index (Phi) is 4.32. The van der Waals surface area contributed by atoms with Crippen molar-refractivity contribution in [2.45, 2.75) is 46.5 Å². The van der Waals surface area contributed by atoms with E-state index in [4.69, 9.17) is 5.73 Å². The predicted molar refractivity (Wildman–Crippen MR) is 80.3 cm³/mol. The van der Waals surface area contributed by atoms with E-state index in [0.29, 0.717) is 6.54 Å². The molecule has 2 nitrogen and oxygen atoms in total. The van der Waals surface area contributed by atoms with Crippen molar-refractivity contribution in [1.29, 1.82) is 0 Å². The number of hydrogen-bond donors (Lipinski definition) is 2. The largest absolute Gasteiger partial charge is 0.396 e. The van der Waals surface area contributed by atoms with Gasteiger partial charge in [-0.2, -0.15) is 0 Å². The third-order valence-corrected chi connectivity index (χ3v) is 4.58. The molecule has 1 aromatic carbocycles. The van der Waals surface area contributed by atoms with Gasteiger partial charge in [0.05, 0.1) is 6.61 Å². The third-order valence-electron chi connectivity index (χ3n) is 4.58. The first kappa shape index (κ1) is 14.5. The van der Waals surface area contributed by atoms with Crippen molar-refractivity contribution in [2.24, 2.45) is 17.1 Å². The van der Waals surface area contributed by atoms with Crippen LogP contribution in [0.25, 0.3) is 0 Å². The zero-order valence-corrected chi connectivity index (χ0v) is 12.5. The van der Waals surface area contributed by atoms with Crippen LogP contribution in [-0.4, -0.2) is 18.3 Å². The molecule has 1 atom stereocenters. The molecule has 106 valence electrons. The molecule has 1 saturated carbocycles. The van der Waals surface area contributed by atoms with Crippen LogP contribution in [0.2, 0.25) is 0 Å². The van der Waals surface area contributed by atoms with Gasteiger partial charge in [-0.1, -0.05) is 30.5 Å². The molecular weight excluding hydrogens is 234 g/mol. The van der Waals surface area contributed by atoms with Crippen molar-refractivity contribution in [3.05, 3.63) is 34.4 Å². The predicted octanol–water partition coefficient (Wildman–Crippen LogP) is 2.89.